The Hall–Kier alpha value is -1.26. The van der Waals surface area contributed by atoms with Crippen molar-refractivity contribution in [1.82, 2.24) is 5.48 Å². The second kappa shape index (κ2) is 9.93. The molecule has 4 heteroatoms. The second-order valence-electron chi connectivity index (χ2n) is 3.00. The Balaban J connectivity index is 5.25. The molecule has 0 amide bonds. The molecule has 0 unspecified atom stereocenters. The van der Waals surface area contributed by atoms with Crippen molar-refractivity contribution in [2.75, 3.05) is 13.4 Å². The van der Waals surface area contributed by atoms with Gasteiger partial charge in [-0.1, -0.05) is 18.2 Å². The van der Waals surface area contributed by atoms with E-state index in [0.29, 0.717) is 0 Å². The van der Waals surface area contributed by atoms with Crippen LogP contribution in [-0.2, 0) is 4.84 Å². The standard InChI is InChI=1S/C13H20N2OS/c1-6-8-9-12(14-3)13(15-16-4)10-11(7-2)17-5/h6-10,15H,3H2,1-2,4-5H3/b8-6-,11-7+,12-9-,13-10-. The average Bonchev–Trinajstić information content (AvgIpc) is 2.36. The van der Waals surface area contributed by atoms with Crippen molar-refractivity contribution in [2.45, 2.75) is 13.8 Å². The van der Waals surface area contributed by atoms with Crippen molar-refractivity contribution < 1.29 is 4.84 Å². The minimum absolute atomic E-state index is 0.735. The number of hydroxylamine groups is 1. The zero-order valence-corrected chi connectivity index (χ0v) is 11.7. The monoisotopic (exact) mass is 252 g/mol. The van der Waals surface area contributed by atoms with Crippen LogP contribution in [0, 0.1) is 0 Å². The summed E-state index contributed by atoms with van der Waals surface area (Å²) >= 11 is 1.66. The van der Waals surface area contributed by atoms with Crippen LogP contribution >= 0.6 is 11.8 Å². The van der Waals surface area contributed by atoms with Gasteiger partial charge in [-0.25, -0.2) is 0 Å². The lowest BCUT2D eigenvalue weighted by molar-refractivity contribution is 0.120. The average molecular weight is 252 g/mol. The third-order valence-corrected chi connectivity index (χ3v) is 2.74. The number of nitrogens with zero attached hydrogens (tertiary/aromatic N) is 1. The maximum absolute atomic E-state index is 4.95. The van der Waals surface area contributed by atoms with Crippen LogP contribution in [-0.4, -0.2) is 20.1 Å². The molecule has 1 N–H and O–H groups in total. The molecule has 0 aromatic carbocycles. The van der Waals surface area contributed by atoms with Gasteiger partial charge in [-0.2, -0.15) is 0 Å². The highest BCUT2D eigenvalue weighted by molar-refractivity contribution is 8.02. The Bertz CT molecular complexity index is 354. The molecule has 0 heterocycles. The summed E-state index contributed by atoms with van der Waals surface area (Å²) in [5, 5.41) is 0. The molecule has 17 heavy (non-hydrogen) atoms. The molecular weight excluding hydrogens is 232 g/mol. The van der Waals surface area contributed by atoms with E-state index in [1.165, 1.54) is 0 Å². The van der Waals surface area contributed by atoms with Gasteiger partial charge >= 0.3 is 0 Å². The van der Waals surface area contributed by atoms with Crippen molar-refractivity contribution in [3.63, 3.8) is 0 Å². The summed E-state index contributed by atoms with van der Waals surface area (Å²) in [4.78, 5) is 10.1. The Morgan fingerprint density at radius 2 is 2.12 bits per heavy atom. The highest BCUT2D eigenvalue weighted by Crippen LogP contribution is 2.18. The minimum Gasteiger partial charge on any atom is -0.279 e. The van der Waals surface area contributed by atoms with Crippen LogP contribution in [0.2, 0.25) is 0 Å². The fourth-order valence-corrected chi connectivity index (χ4v) is 1.55. The van der Waals surface area contributed by atoms with Gasteiger partial charge in [0.05, 0.1) is 18.5 Å². The maximum atomic E-state index is 4.95. The molecule has 3 nitrogen and oxygen atoms in total. The fraction of sp³-hybridized carbons (Fsp3) is 0.308. The summed E-state index contributed by atoms with van der Waals surface area (Å²) in [6.07, 6.45) is 11.7. The third-order valence-electron chi connectivity index (χ3n) is 1.91. The molecule has 0 aliphatic carbocycles. The van der Waals surface area contributed by atoms with Crippen LogP contribution in [0.15, 0.2) is 51.7 Å². The summed E-state index contributed by atoms with van der Waals surface area (Å²) in [5.74, 6) is 0. The summed E-state index contributed by atoms with van der Waals surface area (Å²) in [6.45, 7) is 7.50. The predicted octanol–water partition coefficient (Wildman–Crippen LogP) is 3.45. The molecule has 94 valence electrons. The zero-order chi connectivity index (χ0) is 13.1. The summed E-state index contributed by atoms with van der Waals surface area (Å²) in [5.41, 5.74) is 4.33. The van der Waals surface area contributed by atoms with Gasteiger partial charge in [-0.15, -0.1) is 11.8 Å². The number of rotatable bonds is 7. The van der Waals surface area contributed by atoms with Crippen molar-refractivity contribution in [3.05, 3.63) is 46.7 Å². The highest BCUT2D eigenvalue weighted by atomic mass is 32.2. The first-order valence-corrected chi connectivity index (χ1v) is 6.47. The van der Waals surface area contributed by atoms with Crippen molar-refractivity contribution in [1.29, 1.82) is 0 Å². The van der Waals surface area contributed by atoms with Crippen LogP contribution < -0.4 is 5.48 Å². The second-order valence-corrected chi connectivity index (χ2v) is 3.87. The molecule has 0 aromatic rings. The van der Waals surface area contributed by atoms with E-state index in [2.05, 4.69) is 17.2 Å². The van der Waals surface area contributed by atoms with Crippen molar-refractivity contribution in [2.24, 2.45) is 4.99 Å². The summed E-state index contributed by atoms with van der Waals surface area (Å²) < 4.78 is 0. The Labute approximate surface area is 108 Å². The summed E-state index contributed by atoms with van der Waals surface area (Å²) in [6, 6.07) is 0. The largest absolute Gasteiger partial charge is 0.279 e. The van der Waals surface area contributed by atoms with E-state index in [4.69, 9.17) is 4.84 Å². The molecule has 0 radical (unpaired) electrons. The molecular formula is C13H20N2OS. The number of nitrogens with one attached hydrogen (secondary N) is 1. The zero-order valence-electron chi connectivity index (χ0n) is 10.9. The Morgan fingerprint density at radius 1 is 1.41 bits per heavy atom. The van der Waals surface area contributed by atoms with E-state index in [0.717, 1.165) is 16.3 Å². The molecule has 0 bridgehead atoms. The van der Waals surface area contributed by atoms with Gasteiger partial charge in [0.25, 0.3) is 0 Å². The van der Waals surface area contributed by atoms with Crippen molar-refractivity contribution in [3.8, 4) is 0 Å². The topological polar surface area (TPSA) is 33.6 Å². The molecule has 0 spiro atoms. The number of aliphatic imine (C=N–C) groups is 1. The van der Waals surface area contributed by atoms with Crippen LogP contribution in [0.4, 0.5) is 0 Å². The molecule has 0 rings (SSSR count). The SMILES string of the molecule is C=NC(=C\C=C/C)/C(=C/C(=C\C)SC)NOC. The lowest BCUT2D eigenvalue weighted by atomic mass is 10.2. The van der Waals surface area contributed by atoms with Gasteiger partial charge in [0.15, 0.2) is 0 Å². The lowest BCUT2D eigenvalue weighted by Crippen LogP contribution is -2.12. The van der Waals surface area contributed by atoms with Gasteiger partial charge in [-0.3, -0.25) is 15.3 Å². The molecule has 0 aliphatic rings. The molecule has 0 saturated carbocycles. The number of hydrogen-bond acceptors (Lipinski definition) is 4. The lowest BCUT2D eigenvalue weighted by Gasteiger charge is -2.09. The fourth-order valence-electron chi connectivity index (χ4n) is 1.08. The van der Waals surface area contributed by atoms with Crippen LogP contribution in [0.3, 0.4) is 0 Å². The molecule has 0 fully saturated rings. The van der Waals surface area contributed by atoms with E-state index in [-0.39, 0.29) is 0 Å². The number of hydrogen-bond donors (Lipinski definition) is 1. The Kier molecular flexibility index (Phi) is 9.19. The maximum Gasteiger partial charge on any atom is 0.0877 e. The Morgan fingerprint density at radius 3 is 2.53 bits per heavy atom. The third kappa shape index (κ3) is 6.14. The van der Waals surface area contributed by atoms with Gasteiger partial charge in [0, 0.05) is 4.91 Å². The number of allylic oxidation sites excluding steroid dienone is 5. The van der Waals surface area contributed by atoms with Crippen LogP contribution in [0.5, 0.6) is 0 Å². The first-order valence-electron chi connectivity index (χ1n) is 5.24. The minimum atomic E-state index is 0.735. The molecule has 0 atom stereocenters. The van der Waals surface area contributed by atoms with E-state index in [1.807, 2.05) is 50.5 Å². The van der Waals surface area contributed by atoms with E-state index >= 15 is 0 Å². The van der Waals surface area contributed by atoms with E-state index in [9.17, 15) is 0 Å². The van der Waals surface area contributed by atoms with Gasteiger partial charge < -0.3 is 0 Å². The quantitative estimate of drug-likeness (QED) is 0.428. The summed E-state index contributed by atoms with van der Waals surface area (Å²) in [7, 11) is 1.57. The van der Waals surface area contributed by atoms with E-state index < -0.39 is 0 Å². The molecule has 0 aliphatic heterocycles. The highest BCUT2D eigenvalue weighted by Gasteiger charge is 2.03. The first kappa shape index (κ1) is 15.7. The number of thioether (sulfide) groups is 1. The smallest absolute Gasteiger partial charge is 0.0877 e. The van der Waals surface area contributed by atoms with Gasteiger partial charge in [0.2, 0.25) is 0 Å². The van der Waals surface area contributed by atoms with Crippen molar-refractivity contribution >= 4 is 18.5 Å². The normalized spacial score (nSPS) is 14.2. The molecule has 0 aromatic heterocycles. The van der Waals surface area contributed by atoms with Crippen LogP contribution in [0.25, 0.3) is 0 Å². The first-order chi connectivity index (χ1) is 8.23. The van der Waals surface area contributed by atoms with Gasteiger partial charge in [-0.05, 0) is 39.0 Å². The van der Waals surface area contributed by atoms with Crippen LogP contribution in [0.1, 0.15) is 13.8 Å². The molecule has 0 saturated heterocycles. The van der Waals surface area contributed by atoms with Gasteiger partial charge in [0.1, 0.15) is 0 Å². The van der Waals surface area contributed by atoms with E-state index in [1.54, 1.807) is 18.9 Å². The predicted molar refractivity (Wildman–Crippen MR) is 77.9 cm³/mol.